The van der Waals surface area contributed by atoms with Gasteiger partial charge in [-0.15, -0.1) is 11.8 Å². The van der Waals surface area contributed by atoms with Crippen molar-refractivity contribution < 1.29 is 9.53 Å². The van der Waals surface area contributed by atoms with Crippen LogP contribution in [0.2, 0.25) is 0 Å². The van der Waals surface area contributed by atoms with Gasteiger partial charge in [-0.1, -0.05) is 0 Å². The van der Waals surface area contributed by atoms with Crippen molar-refractivity contribution in [2.75, 3.05) is 13.4 Å². The third-order valence-electron chi connectivity index (χ3n) is 2.10. The molecule has 0 aliphatic carbocycles. The lowest BCUT2D eigenvalue weighted by molar-refractivity contribution is 0.101. The Bertz CT molecular complexity index is 359. The van der Waals surface area contributed by atoms with E-state index in [9.17, 15) is 4.79 Å². The van der Waals surface area contributed by atoms with Gasteiger partial charge in [-0.2, -0.15) is 0 Å². The third kappa shape index (κ3) is 2.10. The van der Waals surface area contributed by atoms with Crippen LogP contribution in [0, 0.1) is 6.92 Å². The van der Waals surface area contributed by atoms with Gasteiger partial charge in [0.15, 0.2) is 5.78 Å². The first-order valence-corrected chi connectivity index (χ1v) is 5.56. The topological polar surface area (TPSA) is 26.3 Å². The molecule has 0 heterocycles. The Hall–Kier alpha value is -0.960. The Morgan fingerprint density at radius 3 is 2.50 bits per heavy atom. The predicted molar refractivity (Wildman–Crippen MR) is 59.5 cm³/mol. The number of aryl methyl sites for hydroxylation is 1. The number of carbonyl (C=O) groups excluding carboxylic acids is 1. The highest BCUT2D eigenvalue weighted by Crippen LogP contribution is 2.28. The molecule has 0 bridgehead atoms. The van der Waals surface area contributed by atoms with Gasteiger partial charge in [0.05, 0.1) is 7.11 Å². The largest absolute Gasteiger partial charge is 0.496 e. The fourth-order valence-corrected chi connectivity index (χ4v) is 2.04. The molecule has 0 atom stereocenters. The molecular weight excluding hydrogens is 196 g/mol. The molecule has 0 spiro atoms. The van der Waals surface area contributed by atoms with Crippen LogP contribution in [-0.4, -0.2) is 19.1 Å². The maximum absolute atomic E-state index is 11.3. The highest BCUT2D eigenvalue weighted by molar-refractivity contribution is 7.98. The van der Waals surface area contributed by atoms with E-state index in [-0.39, 0.29) is 5.78 Å². The van der Waals surface area contributed by atoms with Crippen LogP contribution in [-0.2, 0) is 0 Å². The molecule has 1 rings (SSSR count). The van der Waals surface area contributed by atoms with Crippen LogP contribution in [0.1, 0.15) is 22.8 Å². The molecule has 0 fully saturated rings. The van der Waals surface area contributed by atoms with E-state index in [2.05, 4.69) is 0 Å². The quantitative estimate of drug-likeness (QED) is 0.567. The second-order valence-corrected chi connectivity index (χ2v) is 3.93. The van der Waals surface area contributed by atoms with Crippen molar-refractivity contribution >= 4 is 17.5 Å². The zero-order chi connectivity index (χ0) is 10.7. The molecule has 76 valence electrons. The monoisotopic (exact) mass is 210 g/mol. The van der Waals surface area contributed by atoms with E-state index in [0.717, 1.165) is 21.8 Å². The number of hydrogen-bond acceptors (Lipinski definition) is 3. The average Bonchev–Trinajstić information content (AvgIpc) is 2.16. The number of ether oxygens (including phenoxy) is 1. The molecule has 0 unspecified atom stereocenters. The average molecular weight is 210 g/mol. The van der Waals surface area contributed by atoms with Crippen molar-refractivity contribution in [1.82, 2.24) is 0 Å². The molecule has 1 aromatic rings. The Morgan fingerprint density at radius 1 is 1.43 bits per heavy atom. The van der Waals surface area contributed by atoms with E-state index in [4.69, 9.17) is 4.74 Å². The molecule has 0 saturated carbocycles. The van der Waals surface area contributed by atoms with Gasteiger partial charge in [-0.3, -0.25) is 4.79 Å². The molecule has 3 heteroatoms. The van der Waals surface area contributed by atoms with Crippen molar-refractivity contribution in [3.05, 3.63) is 23.3 Å². The Kier molecular flexibility index (Phi) is 3.58. The van der Waals surface area contributed by atoms with Crippen LogP contribution < -0.4 is 4.74 Å². The molecule has 0 aromatic heterocycles. The highest BCUT2D eigenvalue weighted by Gasteiger charge is 2.10. The summed E-state index contributed by atoms with van der Waals surface area (Å²) in [7, 11) is 1.62. The summed E-state index contributed by atoms with van der Waals surface area (Å²) in [5.41, 5.74) is 1.79. The van der Waals surface area contributed by atoms with Gasteiger partial charge in [0.25, 0.3) is 0 Å². The Balaban J connectivity index is 3.32. The van der Waals surface area contributed by atoms with Gasteiger partial charge in [0.2, 0.25) is 0 Å². The first kappa shape index (κ1) is 11.1. The number of thioether (sulfide) groups is 1. The Morgan fingerprint density at radius 2 is 2.07 bits per heavy atom. The summed E-state index contributed by atoms with van der Waals surface area (Å²) in [6.07, 6.45) is 1.97. The number of Topliss-reactive ketones (excluding diaryl/α,β-unsaturated/α-hetero) is 1. The summed E-state index contributed by atoms with van der Waals surface area (Å²) in [6, 6.07) is 3.80. The molecule has 14 heavy (non-hydrogen) atoms. The second-order valence-electron chi connectivity index (χ2n) is 3.08. The van der Waals surface area contributed by atoms with Crippen molar-refractivity contribution in [3.8, 4) is 5.75 Å². The van der Waals surface area contributed by atoms with E-state index < -0.39 is 0 Å². The fraction of sp³-hybridized carbons (Fsp3) is 0.364. The molecule has 0 radical (unpaired) electrons. The molecule has 0 aliphatic heterocycles. The lowest BCUT2D eigenvalue weighted by Gasteiger charge is -2.10. The standard InChI is InChI=1S/C11H14O2S/c1-7-5-11(14-4)9(8(2)12)6-10(7)13-3/h5-6H,1-4H3. The number of ketones is 1. The van der Waals surface area contributed by atoms with E-state index in [0.29, 0.717) is 0 Å². The zero-order valence-corrected chi connectivity index (χ0v) is 9.70. The van der Waals surface area contributed by atoms with Gasteiger partial charge >= 0.3 is 0 Å². The van der Waals surface area contributed by atoms with Crippen LogP contribution in [0.15, 0.2) is 17.0 Å². The van der Waals surface area contributed by atoms with Crippen LogP contribution in [0.3, 0.4) is 0 Å². The normalized spacial score (nSPS) is 10.0. The van der Waals surface area contributed by atoms with Crippen molar-refractivity contribution in [2.45, 2.75) is 18.7 Å². The third-order valence-corrected chi connectivity index (χ3v) is 2.87. The number of methoxy groups -OCH3 is 1. The number of hydrogen-bond donors (Lipinski definition) is 0. The number of rotatable bonds is 3. The fourth-order valence-electron chi connectivity index (χ4n) is 1.33. The molecule has 0 saturated heterocycles. The minimum absolute atomic E-state index is 0.0765. The molecule has 2 nitrogen and oxygen atoms in total. The van der Waals surface area contributed by atoms with Gasteiger partial charge in [0.1, 0.15) is 5.75 Å². The number of benzene rings is 1. The first-order chi connectivity index (χ1) is 6.60. The second kappa shape index (κ2) is 4.51. The summed E-state index contributed by atoms with van der Waals surface area (Å²) in [6.45, 7) is 3.55. The van der Waals surface area contributed by atoms with Crippen molar-refractivity contribution in [1.29, 1.82) is 0 Å². The van der Waals surface area contributed by atoms with Crippen molar-refractivity contribution in [2.24, 2.45) is 0 Å². The summed E-state index contributed by atoms with van der Waals surface area (Å²) in [4.78, 5) is 12.3. The first-order valence-electron chi connectivity index (χ1n) is 4.33. The minimum atomic E-state index is 0.0765. The van der Waals surface area contributed by atoms with Gasteiger partial charge in [-0.25, -0.2) is 0 Å². The lowest BCUT2D eigenvalue weighted by atomic mass is 10.1. The summed E-state index contributed by atoms with van der Waals surface area (Å²) in [5, 5.41) is 0. The van der Waals surface area contributed by atoms with Crippen LogP contribution in [0.4, 0.5) is 0 Å². The molecular formula is C11H14O2S. The SMILES string of the molecule is COc1cc(C(C)=O)c(SC)cc1C. The molecule has 0 aliphatic rings. The van der Waals surface area contributed by atoms with E-state index >= 15 is 0 Å². The van der Waals surface area contributed by atoms with Gasteiger partial charge < -0.3 is 4.74 Å². The van der Waals surface area contributed by atoms with E-state index in [1.165, 1.54) is 0 Å². The smallest absolute Gasteiger partial charge is 0.161 e. The van der Waals surface area contributed by atoms with E-state index in [1.807, 2.05) is 25.3 Å². The maximum atomic E-state index is 11.3. The molecule has 0 amide bonds. The maximum Gasteiger partial charge on any atom is 0.161 e. The van der Waals surface area contributed by atoms with Crippen molar-refractivity contribution in [3.63, 3.8) is 0 Å². The summed E-state index contributed by atoms with van der Waals surface area (Å²) in [5.74, 6) is 0.848. The lowest BCUT2D eigenvalue weighted by Crippen LogP contribution is -1.98. The highest BCUT2D eigenvalue weighted by atomic mass is 32.2. The van der Waals surface area contributed by atoms with Gasteiger partial charge in [-0.05, 0) is 37.8 Å². The summed E-state index contributed by atoms with van der Waals surface area (Å²) >= 11 is 1.58. The minimum Gasteiger partial charge on any atom is -0.496 e. The number of carbonyl (C=O) groups is 1. The van der Waals surface area contributed by atoms with Crippen LogP contribution >= 0.6 is 11.8 Å². The van der Waals surface area contributed by atoms with Crippen LogP contribution in [0.5, 0.6) is 5.75 Å². The van der Waals surface area contributed by atoms with Crippen LogP contribution in [0.25, 0.3) is 0 Å². The summed E-state index contributed by atoms with van der Waals surface area (Å²) < 4.78 is 5.17. The molecule has 0 N–H and O–H groups in total. The predicted octanol–water partition coefficient (Wildman–Crippen LogP) is 2.93. The van der Waals surface area contributed by atoms with E-state index in [1.54, 1.807) is 25.8 Å². The Labute approximate surface area is 88.7 Å². The molecule has 1 aromatic carbocycles. The zero-order valence-electron chi connectivity index (χ0n) is 8.88. The van der Waals surface area contributed by atoms with Gasteiger partial charge in [0, 0.05) is 10.5 Å².